The number of nitrogens with two attached hydrogens (primary N) is 1. The summed E-state index contributed by atoms with van der Waals surface area (Å²) in [5.41, 5.74) is 5.98. The lowest BCUT2D eigenvalue weighted by atomic mass is 10.2. The number of hydrogen-bond donors (Lipinski definition) is 1. The van der Waals surface area contributed by atoms with Crippen molar-refractivity contribution in [1.29, 1.82) is 0 Å². The number of nitrogens with zero attached hydrogens (tertiary/aromatic N) is 3. The number of rotatable bonds is 2. The summed E-state index contributed by atoms with van der Waals surface area (Å²) >= 11 is 0. The number of hydrogen-bond acceptors (Lipinski definition) is 5. The number of ether oxygens (including phenoxy) is 1. The van der Waals surface area contributed by atoms with Gasteiger partial charge in [0.25, 0.3) is 0 Å². The van der Waals surface area contributed by atoms with Crippen LogP contribution in [0.2, 0.25) is 0 Å². The Hall–Kier alpha value is -2.24. The molecule has 0 spiro atoms. The van der Waals surface area contributed by atoms with Crippen molar-refractivity contribution in [3.05, 3.63) is 29.8 Å². The molecule has 0 fully saturated rings. The average molecular weight is 234 g/mol. The molecule has 1 aromatic carbocycles. The van der Waals surface area contributed by atoms with E-state index in [9.17, 15) is 4.39 Å². The molecule has 17 heavy (non-hydrogen) atoms. The highest BCUT2D eigenvalue weighted by atomic mass is 19.1. The van der Waals surface area contributed by atoms with Gasteiger partial charge in [-0.05, 0) is 25.1 Å². The fourth-order valence-electron chi connectivity index (χ4n) is 1.48. The van der Waals surface area contributed by atoms with Crippen molar-refractivity contribution in [3.63, 3.8) is 0 Å². The molecule has 0 aliphatic rings. The molecule has 88 valence electrons. The Morgan fingerprint density at radius 2 is 2.00 bits per heavy atom. The Morgan fingerprint density at radius 3 is 2.65 bits per heavy atom. The third kappa shape index (κ3) is 2.30. The van der Waals surface area contributed by atoms with Crippen LogP contribution in [-0.2, 0) is 0 Å². The third-order valence-electron chi connectivity index (χ3n) is 2.17. The number of nitrogen functional groups attached to an aromatic ring is 1. The smallest absolute Gasteiger partial charge is 0.223 e. The van der Waals surface area contributed by atoms with Crippen LogP contribution in [0.3, 0.4) is 0 Å². The lowest BCUT2D eigenvalue weighted by Crippen LogP contribution is -2.03. The molecule has 2 aromatic rings. The van der Waals surface area contributed by atoms with Crippen LogP contribution < -0.4 is 10.5 Å². The standard InChI is InChI=1S/C11H11FN4O/c1-6-14-10(16-11(13)15-6)8-5-7(12)3-4-9(8)17-2/h3-5H,1-2H3,(H2,13,14,15,16). The molecule has 2 rings (SSSR count). The molecule has 1 aromatic heterocycles. The Balaban J connectivity index is 2.62. The van der Waals surface area contributed by atoms with Gasteiger partial charge in [0.1, 0.15) is 17.4 Å². The molecular formula is C11H11FN4O. The number of anilines is 1. The third-order valence-corrected chi connectivity index (χ3v) is 2.17. The number of aryl methyl sites for hydroxylation is 1. The highest BCUT2D eigenvalue weighted by Gasteiger charge is 2.11. The summed E-state index contributed by atoms with van der Waals surface area (Å²) in [5.74, 6) is 0.956. The van der Waals surface area contributed by atoms with Crippen molar-refractivity contribution in [2.45, 2.75) is 6.92 Å². The van der Waals surface area contributed by atoms with Crippen LogP contribution in [0.4, 0.5) is 10.3 Å². The first-order valence-electron chi connectivity index (χ1n) is 4.92. The van der Waals surface area contributed by atoms with Crippen LogP contribution in [0, 0.1) is 12.7 Å². The van der Waals surface area contributed by atoms with Gasteiger partial charge in [0.05, 0.1) is 12.7 Å². The molecule has 0 bridgehead atoms. The molecule has 6 heteroatoms. The maximum Gasteiger partial charge on any atom is 0.223 e. The zero-order valence-electron chi connectivity index (χ0n) is 9.44. The second kappa shape index (κ2) is 4.32. The minimum absolute atomic E-state index is 0.0961. The molecular weight excluding hydrogens is 223 g/mol. The molecule has 0 saturated heterocycles. The molecule has 0 unspecified atom stereocenters. The van der Waals surface area contributed by atoms with Crippen molar-refractivity contribution < 1.29 is 9.13 Å². The van der Waals surface area contributed by atoms with E-state index in [-0.39, 0.29) is 5.95 Å². The largest absolute Gasteiger partial charge is 0.496 e. The van der Waals surface area contributed by atoms with Gasteiger partial charge in [0.2, 0.25) is 5.95 Å². The number of benzene rings is 1. The van der Waals surface area contributed by atoms with Gasteiger partial charge >= 0.3 is 0 Å². The fraction of sp³-hybridized carbons (Fsp3) is 0.182. The van der Waals surface area contributed by atoms with Crippen LogP contribution in [0.5, 0.6) is 5.75 Å². The van der Waals surface area contributed by atoms with E-state index in [1.54, 1.807) is 6.92 Å². The van der Waals surface area contributed by atoms with Crippen LogP contribution in [0.1, 0.15) is 5.82 Å². The van der Waals surface area contributed by atoms with E-state index in [4.69, 9.17) is 10.5 Å². The van der Waals surface area contributed by atoms with Crippen molar-refractivity contribution in [3.8, 4) is 17.1 Å². The molecule has 0 saturated carbocycles. The Bertz CT molecular complexity index is 539. The second-order valence-electron chi connectivity index (χ2n) is 3.41. The topological polar surface area (TPSA) is 73.9 Å². The fourth-order valence-corrected chi connectivity index (χ4v) is 1.48. The van der Waals surface area contributed by atoms with Crippen LogP contribution in [0.15, 0.2) is 18.2 Å². The van der Waals surface area contributed by atoms with Crippen molar-refractivity contribution in [2.24, 2.45) is 0 Å². The lowest BCUT2D eigenvalue weighted by molar-refractivity contribution is 0.415. The predicted molar refractivity (Wildman–Crippen MR) is 60.9 cm³/mol. The van der Waals surface area contributed by atoms with E-state index >= 15 is 0 Å². The van der Waals surface area contributed by atoms with E-state index in [1.807, 2.05) is 0 Å². The first kappa shape index (κ1) is 11.3. The SMILES string of the molecule is COc1ccc(F)cc1-c1nc(C)nc(N)n1. The maximum absolute atomic E-state index is 13.2. The first-order valence-corrected chi connectivity index (χ1v) is 4.92. The zero-order chi connectivity index (χ0) is 12.4. The van der Waals surface area contributed by atoms with Crippen molar-refractivity contribution in [1.82, 2.24) is 15.0 Å². The molecule has 5 nitrogen and oxygen atoms in total. The van der Waals surface area contributed by atoms with E-state index in [0.717, 1.165) is 0 Å². The summed E-state index contributed by atoms with van der Waals surface area (Å²) < 4.78 is 18.3. The quantitative estimate of drug-likeness (QED) is 0.853. The monoisotopic (exact) mass is 234 g/mol. The van der Waals surface area contributed by atoms with Gasteiger partial charge in [0, 0.05) is 0 Å². The predicted octanol–water partition coefficient (Wildman–Crippen LogP) is 1.58. The van der Waals surface area contributed by atoms with Gasteiger partial charge < -0.3 is 10.5 Å². The summed E-state index contributed by atoms with van der Waals surface area (Å²) in [5, 5.41) is 0. The van der Waals surface area contributed by atoms with Crippen LogP contribution in [0.25, 0.3) is 11.4 Å². The van der Waals surface area contributed by atoms with Crippen LogP contribution >= 0.6 is 0 Å². The second-order valence-corrected chi connectivity index (χ2v) is 3.41. The number of halogens is 1. The molecule has 2 N–H and O–H groups in total. The first-order chi connectivity index (χ1) is 8.10. The molecule has 0 radical (unpaired) electrons. The normalized spacial score (nSPS) is 10.3. The minimum atomic E-state index is -0.391. The molecule has 0 atom stereocenters. The van der Waals surface area contributed by atoms with E-state index in [0.29, 0.717) is 23.0 Å². The minimum Gasteiger partial charge on any atom is -0.496 e. The van der Waals surface area contributed by atoms with Gasteiger partial charge in [-0.25, -0.2) is 9.37 Å². The Labute approximate surface area is 97.5 Å². The lowest BCUT2D eigenvalue weighted by Gasteiger charge is -2.07. The molecule has 0 amide bonds. The van der Waals surface area contributed by atoms with E-state index in [2.05, 4.69) is 15.0 Å². The van der Waals surface area contributed by atoms with Crippen molar-refractivity contribution >= 4 is 5.95 Å². The summed E-state index contributed by atoms with van der Waals surface area (Å²) in [6.45, 7) is 1.69. The van der Waals surface area contributed by atoms with Crippen LogP contribution in [-0.4, -0.2) is 22.1 Å². The van der Waals surface area contributed by atoms with E-state index in [1.165, 1.54) is 25.3 Å². The highest BCUT2D eigenvalue weighted by Crippen LogP contribution is 2.28. The maximum atomic E-state index is 13.2. The van der Waals surface area contributed by atoms with Crippen molar-refractivity contribution in [2.75, 3.05) is 12.8 Å². The molecule has 1 heterocycles. The van der Waals surface area contributed by atoms with E-state index < -0.39 is 5.82 Å². The molecule has 0 aliphatic carbocycles. The zero-order valence-corrected chi connectivity index (χ0v) is 9.44. The Morgan fingerprint density at radius 1 is 1.24 bits per heavy atom. The summed E-state index contributed by atoms with van der Waals surface area (Å²) in [7, 11) is 1.49. The molecule has 0 aliphatic heterocycles. The van der Waals surface area contributed by atoms with Gasteiger partial charge in [-0.2, -0.15) is 9.97 Å². The van der Waals surface area contributed by atoms with Gasteiger partial charge in [-0.1, -0.05) is 0 Å². The number of aromatic nitrogens is 3. The Kier molecular flexibility index (Phi) is 2.86. The summed E-state index contributed by atoms with van der Waals surface area (Å²) in [6.07, 6.45) is 0. The average Bonchev–Trinajstić information content (AvgIpc) is 2.27. The summed E-state index contributed by atoms with van der Waals surface area (Å²) in [6, 6.07) is 4.12. The highest BCUT2D eigenvalue weighted by molar-refractivity contribution is 5.64. The van der Waals surface area contributed by atoms with Gasteiger partial charge in [-0.3, -0.25) is 0 Å². The number of methoxy groups -OCH3 is 1. The van der Waals surface area contributed by atoms with Gasteiger partial charge in [-0.15, -0.1) is 0 Å². The van der Waals surface area contributed by atoms with Gasteiger partial charge in [0.15, 0.2) is 5.82 Å². The summed E-state index contributed by atoms with van der Waals surface area (Å²) in [4.78, 5) is 11.9.